The van der Waals surface area contributed by atoms with Gasteiger partial charge in [0.25, 0.3) is 5.56 Å². The third kappa shape index (κ3) is 3.50. The number of hydrogen-bond acceptors (Lipinski definition) is 4. The zero-order valence-electron chi connectivity index (χ0n) is 14.2. The Bertz CT molecular complexity index is 1330. The maximum atomic E-state index is 12.4. The smallest absolute Gasteiger partial charge is 0.259 e. The molecule has 7 heteroatoms. The number of rotatable bonds is 3. The molecule has 2 aromatic heterocycles. The van der Waals surface area contributed by atoms with E-state index in [0.29, 0.717) is 27.4 Å². The number of H-pyrrole nitrogens is 1. The number of furan rings is 1. The number of aromatic amines is 1. The molecule has 0 aliphatic heterocycles. The Morgan fingerprint density at radius 3 is 2.82 bits per heavy atom. The van der Waals surface area contributed by atoms with Crippen LogP contribution in [0.3, 0.4) is 0 Å². The van der Waals surface area contributed by atoms with Crippen molar-refractivity contribution in [2.24, 2.45) is 0 Å². The van der Waals surface area contributed by atoms with Crippen LogP contribution in [0.2, 0.25) is 5.02 Å². The van der Waals surface area contributed by atoms with Crippen LogP contribution in [0, 0.1) is 11.3 Å². The summed E-state index contributed by atoms with van der Waals surface area (Å²) in [6.07, 6.45) is 1.53. The average Bonchev–Trinajstić information content (AvgIpc) is 3.15. The number of aromatic nitrogens is 2. The van der Waals surface area contributed by atoms with Crippen LogP contribution in [0.4, 0.5) is 0 Å². The van der Waals surface area contributed by atoms with E-state index in [1.807, 2.05) is 18.2 Å². The molecule has 0 saturated carbocycles. The molecule has 2 heterocycles. The molecule has 0 atom stereocenters. The molecular weight excluding hydrogens is 442 g/mol. The van der Waals surface area contributed by atoms with Crippen LogP contribution in [-0.4, -0.2) is 9.97 Å². The Labute approximate surface area is 173 Å². The molecule has 136 valence electrons. The van der Waals surface area contributed by atoms with Crippen molar-refractivity contribution in [3.63, 3.8) is 0 Å². The summed E-state index contributed by atoms with van der Waals surface area (Å²) in [6.45, 7) is 0. The summed E-state index contributed by atoms with van der Waals surface area (Å²) in [4.78, 5) is 19.4. The van der Waals surface area contributed by atoms with Gasteiger partial charge in [-0.15, -0.1) is 0 Å². The minimum absolute atomic E-state index is 0.179. The van der Waals surface area contributed by atoms with Crippen molar-refractivity contribution < 1.29 is 4.42 Å². The van der Waals surface area contributed by atoms with Gasteiger partial charge in [-0.1, -0.05) is 39.7 Å². The first-order valence-corrected chi connectivity index (χ1v) is 9.39. The average molecular weight is 453 g/mol. The van der Waals surface area contributed by atoms with Crippen molar-refractivity contribution in [1.82, 2.24) is 9.97 Å². The van der Waals surface area contributed by atoms with E-state index in [1.54, 1.807) is 36.4 Å². The highest BCUT2D eigenvalue weighted by Gasteiger charge is 2.11. The number of nitrogens with zero attached hydrogens (tertiary/aromatic N) is 2. The van der Waals surface area contributed by atoms with E-state index in [0.717, 1.165) is 10.0 Å². The first-order valence-electron chi connectivity index (χ1n) is 8.21. The maximum Gasteiger partial charge on any atom is 0.259 e. The molecule has 2 aromatic carbocycles. The van der Waals surface area contributed by atoms with E-state index in [-0.39, 0.29) is 17.0 Å². The predicted molar refractivity (Wildman–Crippen MR) is 113 cm³/mol. The van der Waals surface area contributed by atoms with E-state index in [1.165, 1.54) is 6.08 Å². The summed E-state index contributed by atoms with van der Waals surface area (Å²) >= 11 is 9.53. The first kappa shape index (κ1) is 18.2. The lowest BCUT2D eigenvalue weighted by Crippen LogP contribution is -2.11. The number of fused-ring (bicyclic) bond motifs is 1. The Balaban J connectivity index is 1.76. The molecule has 0 amide bonds. The number of allylic oxidation sites excluding steroid dienone is 1. The number of halogens is 2. The Morgan fingerprint density at radius 1 is 1.21 bits per heavy atom. The highest BCUT2D eigenvalue weighted by Crippen LogP contribution is 2.30. The maximum absolute atomic E-state index is 12.4. The Hall–Kier alpha value is -3.14. The number of nitrogens with one attached hydrogen (secondary N) is 1. The molecule has 0 bridgehead atoms. The standard InChI is InChI=1S/C21H11BrClN3O2/c22-13-5-7-18-16(10-13)21(27)26-20(25-18)12(11-24)9-14-6-8-19(28-14)15-3-1-2-4-17(15)23/h1-10H,(H,25,26,27)/b12-9+. The normalized spacial score (nSPS) is 11.5. The quantitative estimate of drug-likeness (QED) is 0.406. The van der Waals surface area contributed by atoms with Crippen LogP contribution >= 0.6 is 27.5 Å². The van der Waals surface area contributed by atoms with Gasteiger partial charge in [-0.2, -0.15) is 5.26 Å². The lowest BCUT2D eigenvalue weighted by Gasteiger charge is -2.02. The topological polar surface area (TPSA) is 82.7 Å². The van der Waals surface area contributed by atoms with Gasteiger partial charge in [-0.3, -0.25) is 4.79 Å². The molecule has 4 rings (SSSR count). The molecule has 0 spiro atoms. The minimum atomic E-state index is -0.321. The van der Waals surface area contributed by atoms with Crippen LogP contribution in [-0.2, 0) is 0 Å². The van der Waals surface area contributed by atoms with Crippen LogP contribution in [0.5, 0.6) is 0 Å². The lowest BCUT2D eigenvalue weighted by molar-refractivity contribution is 0.572. The number of benzene rings is 2. The first-order chi connectivity index (χ1) is 13.5. The van der Waals surface area contributed by atoms with Gasteiger partial charge in [0.15, 0.2) is 5.82 Å². The summed E-state index contributed by atoms with van der Waals surface area (Å²) in [5.74, 6) is 1.21. The van der Waals surface area contributed by atoms with E-state index in [4.69, 9.17) is 16.0 Å². The second-order valence-electron chi connectivity index (χ2n) is 5.93. The van der Waals surface area contributed by atoms with Crippen LogP contribution in [0.1, 0.15) is 11.6 Å². The van der Waals surface area contributed by atoms with E-state index >= 15 is 0 Å². The third-order valence-corrected chi connectivity index (χ3v) is 4.92. The zero-order valence-corrected chi connectivity index (χ0v) is 16.6. The lowest BCUT2D eigenvalue weighted by atomic mass is 10.2. The van der Waals surface area contributed by atoms with Crippen molar-refractivity contribution in [3.8, 4) is 17.4 Å². The molecule has 28 heavy (non-hydrogen) atoms. The van der Waals surface area contributed by atoms with Gasteiger partial charge in [0.05, 0.1) is 21.5 Å². The Kier molecular flexibility index (Phi) is 4.86. The molecule has 0 fully saturated rings. The molecule has 0 radical (unpaired) electrons. The highest BCUT2D eigenvalue weighted by atomic mass is 79.9. The van der Waals surface area contributed by atoms with Crippen molar-refractivity contribution in [3.05, 3.63) is 86.0 Å². The summed E-state index contributed by atoms with van der Waals surface area (Å²) in [7, 11) is 0. The molecule has 0 saturated heterocycles. The molecule has 0 aliphatic rings. The zero-order chi connectivity index (χ0) is 19.7. The van der Waals surface area contributed by atoms with Crippen LogP contribution in [0.15, 0.2) is 68.3 Å². The van der Waals surface area contributed by atoms with Gasteiger partial charge < -0.3 is 9.40 Å². The second-order valence-corrected chi connectivity index (χ2v) is 7.25. The SMILES string of the molecule is N#C/C(=C\c1ccc(-c2ccccc2Cl)o1)c1nc2ccc(Br)cc2c(=O)[nH]1. The van der Waals surface area contributed by atoms with Gasteiger partial charge in [0.2, 0.25) is 0 Å². The Morgan fingerprint density at radius 2 is 2.04 bits per heavy atom. The summed E-state index contributed by atoms with van der Waals surface area (Å²) in [6, 6.07) is 18.1. The fourth-order valence-electron chi connectivity index (χ4n) is 2.77. The second kappa shape index (κ2) is 7.47. The highest BCUT2D eigenvalue weighted by molar-refractivity contribution is 9.10. The fourth-order valence-corrected chi connectivity index (χ4v) is 3.36. The molecule has 4 aromatic rings. The van der Waals surface area contributed by atoms with E-state index < -0.39 is 0 Å². The minimum Gasteiger partial charge on any atom is -0.457 e. The van der Waals surface area contributed by atoms with Gasteiger partial charge in [0, 0.05) is 16.1 Å². The number of hydrogen-bond donors (Lipinski definition) is 1. The van der Waals surface area contributed by atoms with Gasteiger partial charge in [0.1, 0.15) is 17.6 Å². The van der Waals surface area contributed by atoms with Crippen molar-refractivity contribution in [2.75, 3.05) is 0 Å². The molecule has 1 N–H and O–H groups in total. The third-order valence-electron chi connectivity index (χ3n) is 4.10. The van der Waals surface area contributed by atoms with Crippen molar-refractivity contribution in [2.45, 2.75) is 0 Å². The predicted octanol–water partition coefficient (Wildman–Crippen LogP) is 5.66. The van der Waals surface area contributed by atoms with E-state index in [2.05, 4.69) is 32.0 Å². The van der Waals surface area contributed by atoms with Crippen molar-refractivity contribution in [1.29, 1.82) is 5.26 Å². The molecule has 5 nitrogen and oxygen atoms in total. The van der Waals surface area contributed by atoms with Crippen LogP contribution in [0.25, 0.3) is 33.9 Å². The largest absolute Gasteiger partial charge is 0.457 e. The molecule has 0 aliphatic carbocycles. The monoisotopic (exact) mass is 451 g/mol. The molecule has 0 unspecified atom stereocenters. The van der Waals surface area contributed by atoms with Gasteiger partial charge in [-0.25, -0.2) is 4.98 Å². The van der Waals surface area contributed by atoms with Gasteiger partial charge >= 0.3 is 0 Å². The van der Waals surface area contributed by atoms with Crippen LogP contribution < -0.4 is 5.56 Å². The van der Waals surface area contributed by atoms with E-state index in [9.17, 15) is 10.1 Å². The molecular formula is C21H11BrClN3O2. The number of nitriles is 1. The fraction of sp³-hybridized carbons (Fsp3) is 0. The van der Waals surface area contributed by atoms with Crippen molar-refractivity contribution >= 4 is 50.1 Å². The van der Waals surface area contributed by atoms with Gasteiger partial charge in [-0.05, 0) is 42.5 Å². The summed E-state index contributed by atoms with van der Waals surface area (Å²) in [5, 5.41) is 10.6. The summed E-state index contributed by atoms with van der Waals surface area (Å²) < 4.78 is 6.58. The summed E-state index contributed by atoms with van der Waals surface area (Å²) in [5.41, 5.74) is 1.12.